The summed E-state index contributed by atoms with van der Waals surface area (Å²) in [6.45, 7) is 8.82. The first kappa shape index (κ1) is 17.7. The van der Waals surface area contributed by atoms with Gasteiger partial charge in [-0.3, -0.25) is 10.1 Å². The molecule has 1 heterocycles. The Labute approximate surface area is 146 Å². The summed E-state index contributed by atoms with van der Waals surface area (Å²) in [5, 5.41) is 6.11. The molecular weight excluding hydrogens is 322 g/mol. The van der Waals surface area contributed by atoms with Crippen LogP contribution in [0.25, 0.3) is 0 Å². The van der Waals surface area contributed by atoms with Crippen molar-refractivity contribution >= 4 is 34.0 Å². The molecule has 0 spiro atoms. The van der Waals surface area contributed by atoms with E-state index < -0.39 is 0 Å². The van der Waals surface area contributed by atoms with E-state index in [4.69, 9.17) is 0 Å². The predicted octanol–water partition coefficient (Wildman–Crippen LogP) is 4.43. The second kappa shape index (κ2) is 8.31. The summed E-state index contributed by atoms with van der Waals surface area (Å²) in [5.41, 5.74) is 1.64. The minimum absolute atomic E-state index is 0.0537. The van der Waals surface area contributed by atoms with Crippen LogP contribution in [0.1, 0.15) is 23.5 Å². The maximum Gasteiger partial charge on any atom is 0.324 e. The van der Waals surface area contributed by atoms with Gasteiger partial charge in [0.05, 0.1) is 9.88 Å². The van der Waals surface area contributed by atoms with Crippen LogP contribution >= 0.6 is 11.3 Å². The molecule has 2 aromatic rings. The zero-order valence-electron chi connectivity index (χ0n) is 13.8. The van der Waals surface area contributed by atoms with E-state index in [-0.39, 0.29) is 11.9 Å². The fraction of sp³-hybridized carbons (Fsp3) is 0.222. The molecule has 0 fully saturated rings. The number of anilines is 2. The lowest BCUT2D eigenvalue weighted by Crippen LogP contribution is -2.31. The molecule has 0 saturated heterocycles. The third-order valence-electron chi connectivity index (χ3n) is 3.21. The van der Waals surface area contributed by atoms with Gasteiger partial charge in [0.2, 0.25) is 0 Å². The van der Waals surface area contributed by atoms with Crippen LogP contribution in [0.3, 0.4) is 0 Å². The zero-order valence-corrected chi connectivity index (χ0v) is 14.7. The Kier molecular flexibility index (Phi) is 6.14. The maximum absolute atomic E-state index is 12.5. The standard InChI is InChI=1S/C18H21N3O2S/c1-4-21(12-13(2)3)17(22)15-10-11-16(24-15)20-18(23)19-14-8-6-5-7-9-14/h5-11H,2,4,12H2,1,3H3,(H2,19,20,23). The summed E-state index contributed by atoms with van der Waals surface area (Å²) >= 11 is 1.26. The molecule has 2 rings (SSSR count). The molecule has 0 aliphatic carbocycles. The number of nitrogens with one attached hydrogen (secondary N) is 2. The Morgan fingerprint density at radius 2 is 1.83 bits per heavy atom. The van der Waals surface area contributed by atoms with Crippen molar-refractivity contribution < 1.29 is 9.59 Å². The Morgan fingerprint density at radius 3 is 2.46 bits per heavy atom. The largest absolute Gasteiger partial charge is 0.334 e. The first-order valence-corrected chi connectivity index (χ1v) is 8.47. The van der Waals surface area contributed by atoms with Crippen molar-refractivity contribution in [2.24, 2.45) is 0 Å². The van der Waals surface area contributed by atoms with Gasteiger partial charge >= 0.3 is 6.03 Å². The minimum atomic E-state index is -0.337. The SMILES string of the molecule is C=C(C)CN(CC)C(=O)c1ccc(NC(=O)Nc2ccccc2)s1. The summed E-state index contributed by atoms with van der Waals surface area (Å²) in [5.74, 6) is -0.0537. The van der Waals surface area contributed by atoms with E-state index in [0.29, 0.717) is 28.7 Å². The smallest absolute Gasteiger partial charge is 0.324 e. The first-order valence-electron chi connectivity index (χ1n) is 7.66. The van der Waals surface area contributed by atoms with E-state index in [1.165, 1.54) is 11.3 Å². The quantitative estimate of drug-likeness (QED) is 0.762. The predicted molar refractivity (Wildman–Crippen MR) is 99.8 cm³/mol. The van der Waals surface area contributed by atoms with Crippen LogP contribution in [0.4, 0.5) is 15.5 Å². The van der Waals surface area contributed by atoms with Crippen molar-refractivity contribution in [2.45, 2.75) is 13.8 Å². The number of rotatable bonds is 6. The van der Waals surface area contributed by atoms with Crippen molar-refractivity contribution in [3.05, 3.63) is 59.5 Å². The van der Waals surface area contributed by atoms with E-state index >= 15 is 0 Å². The molecule has 2 N–H and O–H groups in total. The number of carbonyl (C=O) groups excluding carboxylic acids is 2. The lowest BCUT2D eigenvalue weighted by atomic mass is 10.3. The van der Waals surface area contributed by atoms with Crippen molar-refractivity contribution in [1.29, 1.82) is 0 Å². The molecule has 1 aromatic carbocycles. The average Bonchev–Trinajstić information content (AvgIpc) is 3.01. The molecular formula is C18H21N3O2S. The molecule has 0 radical (unpaired) electrons. The summed E-state index contributed by atoms with van der Waals surface area (Å²) in [4.78, 5) is 26.8. The molecule has 24 heavy (non-hydrogen) atoms. The Balaban J connectivity index is 1.98. The molecule has 6 heteroatoms. The number of hydrogen-bond acceptors (Lipinski definition) is 3. The highest BCUT2D eigenvalue weighted by Gasteiger charge is 2.17. The van der Waals surface area contributed by atoms with Crippen molar-refractivity contribution in [1.82, 2.24) is 4.90 Å². The third kappa shape index (κ3) is 4.96. The van der Waals surface area contributed by atoms with Gasteiger partial charge < -0.3 is 10.2 Å². The summed E-state index contributed by atoms with van der Waals surface area (Å²) in [7, 11) is 0. The number of benzene rings is 1. The highest BCUT2D eigenvalue weighted by Crippen LogP contribution is 2.23. The molecule has 5 nitrogen and oxygen atoms in total. The molecule has 0 bridgehead atoms. The van der Waals surface area contributed by atoms with E-state index in [2.05, 4.69) is 17.2 Å². The number of nitrogens with zero attached hydrogens (tertiary/aromatic N) is 1. The molecule has 0 aliphatic heterocycles. The summed E-state index contributed by atoms with van der Waals surface area (Å²) in [6.07, 6.45) is 0. The lowest BCUT2D eigenvalue weighted by Gasteiger charge is -2.19. The van der Waals surface area contributed by atoms with Gasteiger partial charge in [-0.2, -0.15) is 0 Å². The van der Waals surface area contributed by atoms with E-state index in [0.717, 1.165) is 5.57 Å². The van der Waals surface area contributed by atoms with Gasteiger partial charge in [-0.1, -0.05) is 30.4 Å². The van der Waals surface area contributed by atoms with E-state index in [1.54, 1.807) is 29.2 Å². The number of carbonyl (C=O) groups is 2. The summed E-state index contributed by atoms with van der Waals surface area (Å²) in [6, 6.07) is 12.3. The third-order valence-corrected chi connectivity index (χ3v) is 4.20. The Hall–Kier alpha value is -2.60. The molecule has 126 valence electrons. The Morgan fingerprint density at radius 1 is 1.12 bits per heavy atom. The molecule has 0 atom stereocenters. The molecule has 0 saturated carbocycles. The van der Waals surface area contributed by atoms with Crippen molar-refractivity contribution in [3.8, 4) is 0 Å². The minimum Gasteiger partial charge on any atom is -0.334 e. The second-order valence-electron chi connectivity index (χ2n) is 5.39. The Bertz CT molecular complexity index is 725. The van der Waals surface area contributed by atoms with E-state index in [9.17, 15) is 9.59 Å². The van der Waals surface area contributed by atoms with Crippen molar-refractivity contribution in [2.75, 3.05) is 23.7 Å². The molecule has 0 aliphatic rings. The van der Waals surface area contributed by atoms with Crippen LogP contribution in [0, 0.1) is 0 Å². The first-order chi connectivity index (χ1) is 11.5. The fourth-order valence-electron chi connectivity index (χ4n) is 2.12. The van der Waals surface area contributed by atoms with Gasteiger partial charge in [0.25, 0.3) is 5.91 Å². The number of para-hydroxylation sites is 1. The molecule has 0 unspecified atom stereocenters. The molecule has 1 aromatic heterocycles. The van der Waals surface area contributed by atoms with Crippen LogP contribution in [0.5, 0.6) is 0 Å². The number of amides is 3. The van der Waals surface area contributed by atoms with Crippen LogP contribution < -0.4 is 10.6 Å². The van der Waals surface area contributed by atoms with Crippen LogP contribution in [0.15, 0.2) is 54.6 Å². The van der Waals surface area contributed by atoms with Gasteiger partial charge in [-0.05, 0) is 38.1 Å². The number of hydrogen-bond donors (Lipinski definition) is 2. The summed E-state index contributed by atoms with van der Waals surface area (Å²) < 4.78 is 0. The lowest BCUT2D eigenvalue weighted by molar-refractivity contribution is 0.0783. The van der Waals surface area contributed by atoms with Crippen molar-refractivity contribution in [3.63, 3.8) is 0 Å². The number of thiophene rings is 1. The number of urea groups is 1. The zero-order chi connectivity index (χ0) is 17.5. The average molecular weight is 343 g/mol. The van der Waals surface area contributed by atoms with Gasteiger partial charge in [-0.25, -0.2) is 4.79 Å². The topological polar surface area (TPSA) is 61.4 Å². The normalized spacial score (nSPS) is 10.1. The molecule has 3 amide bonds. The van der Waals surface area contributed by atoms with E-state index in [1.807, 2.05) is 32.0 Å². The monoisotopic (exact) mass is 343 g/mol. The van der Waals surface area contributed by atoms with Gasteiger partial charge in [0.1, 0.15) is 0 Å². The van der Waals surface area contributed by atoms with Gasteiger partial charge in [-0.15, -0.1) is 11.3 Å². The van der Waals surface area contributed by atoms with Crippen LogP contribution in [0.2, 0.25) is 0 Å². The fourth-order valence-corrected chi connectivity index (χ4v) is 2.99. The van der Waals surface area contributed by atoms with Gasteiger partial charge in [0.15, 0.2) is 0 Å². The van der Waals surface area contributed by atoms with Crippen LogP contribution in [-0.2, 0) is 0 Å². The highest BCUT2D eigenvalue weighted by molar-refractivity contribution is 7.18. The number of likely N-dealkylation sites (N-methyl/N-ethyl adjacent to an activating group) is 1. The second-order valence-corrected chi connectivity index (χ2v) is 6.47. The maximum atomic E-state index is 12.5. The van der Waals surface area contributed by atoms with Crippen LogP contribution in [-0.4, -0.2) is 29.9 Å². The van der Waals surface area contributed by atoms with Gasteiger partial charge in [0, 0.05) is 18.8 Å². The highest BCUT2D eigenvalue weighted by atomic mass is 32.1.